The Morgan fingerprint density at radius 2 is 2.06 bits per heavy atom. The number of hydrogen-bond donors (Lipinski definition) is 2. The zero-order chi connectivity index (χ0) is 13.1. The quantitative estimate of drug-likeness (QED) is 0.634. The van der Waals surface area contributed by atoms with Crippen molar-refractivity contribution in [3.05, 3.63) is 50.7 Å². The van der Waals surface area contributed by atoms with E-state index in [2.05, 4.69) is 32.9 Å². The van der Waals surface area contributed by atoms with Gasteiger partial charge in [0.1, 0.15) is 11.0 Å². The number of benzene rings is 1. The molecule has 0 spiro atoms. The zero-order valence-electron chi connectivity index (χ0n) is 9.02. The second kappa shape index (κ2) is 5.53. The van der Waals surface area contributed by atoms with Crippen LogP contribution in [0, 0.1) is 3.57 Å². The highest BCUT2D eigenvalue weighted by molar-refractivity contribution is 14.1. The van der Waals surface area contributed by atoms with Gasteiger partial charge in [-0.1, -0.05) is 23.7 Å². The number of pyridine rings is 1. The smallest absolute Gasteiger partial charge is 0.335 e. The maximum absolute atomic E-state index is 10.9. The van der Waals surface area contributed by atoms with Gasteiger partial charge in [-0.05, 0) is 46.9 Å². The fourth-order valence-electron chi connectivity index (χ4n) is 1.38. The van der Waals surface area contributed by atoms with Crippen molar-refractivity contribution in [2.75, 3.05) is 5.32 Å². The van der Waals surface area contributed by atoms with E-state index < -0.39 is 5.97 Å². The molecule has 1 aromatic heterocycles. The SMILES string of the molecule is O=C(O)c1cc(Cl)nc(Nc2ccccc2I)c1. The van der Waals surface area contributed by atoms with E-state index in [0.717, 1.165) is 9.26 Å². The van der Waals surface area contributed by atoms with Gasteiger partial charge in [-0.25, -0.2) is 9.78 Å². The van der Waals surface area contributed by atoms with Crippen molar-refractivity contribution in [2.45, 2.75) is 0 Å². The van der Waals surface area contributed by atoms with Gasteiger partial charge in [-0.15, -0.1) is 0 Å². The number of nitrogens with zero attached hydrogens (tertiary/aromatic N) is 1. The molecule has 1 aromatic carbocycles. The number of carboxylic acid groups (broad SMARTS) is 1. The van der Waals surface area contributed by atoms with Crippen LogP contribution in [0.3, 0.4) is 0 Å². The summed E-state index contributed by atoms with van der Waals surface area (Å²) in [6.45, 7) is 0. The molecule has 2 rings (SSSR count). The third-order valence-corrected chi connectivity index (χ3v) is 3.31. The number of para-hydroxylation sites is 1. The van der Waals surface area contributed by atoms with Gasteiger partial charge >= 0.3 is 5.97 Å². The Balaban J connectivity index is 2.35. The molecule has 0 unspecified atom stereocenters. The van der Waals surface area contributed by atoms with E-state index in [1.807, 2.05) is 24.3 Å². The molecule has 92 valence electrons. The minimum Gasteiger partial charge on any atom is -0.478 e. The van der Waals surface area contributed by atoms with Crippen LogP contribution in [0.1, 0.15) is 10.4 Å². The number of anilines is 2. The Bertz CT molecular complexity index is 604. The van der Waals surface area contributed by atoms with Gasteiger partial charge in [0.15, 0.2) is 0 Å². The number of aromatic nitrogens is 1. The average Bonchev–Trinajstić information content (AvgIpc) is 2.31. The molecule has 0 atom stereocenters. The van der Waals surface area contributed by atoms with Crippen molar-refractivity contribution >= 4 is 51.7 Å². The van der Waals surface area contributed by atoms with Gasteiger partial charge in [0, 0.05) is 3.57 Å². The lowest BCUT2D eigenvalue weighted by molar-refractivity contribution is 0.0697. The summed E-state index contributed by atoms with van der Waals surface area (Å²) < 4.78 is 1.01. The standard InChI is InChI=1S/C12H8ClIN2O2/c13-10-5-7(12(17)18)6-11(16-10)15-9-4-2-1-3-8(9)14/h1-6H,(H,15,16)(H,17,18). The number of carbonyl (C=O) groups is 1. The normalized spacial score (nSPS) is 10.1. The lowest BCUT2D eigenvalue weighted by Crippen LogP contribution is -2.01. The maximum Gasteiger partial charge on any atom is 0.335 e. The first kappa shape index (κ1) is 13.1. The fraction of sp³-hybridized carbons (Fsp3) is 0. The number of aromatic carboxylic acids is 1. The molecular formula is C12H8ClIN2O2. The summed E-state index contributed by atoms with van der Waals surface area (Å²) in [4.78, 5) is 14.9. The molecule has 0 saturated carbocycles. The summed E-state index contributed by atoms with van der Waals surface area (Å²) in [5.74, 6) is -0.630. The van der Waals surface area contributed by atoms with Gasteiger partial charge in [0.2, 0.25) is 0 Å². The van der Waals surface area contributed by atoms with E-state index in [9.17, 15) is 4.79 Å². The summed E-state index contributed by atoms with van der Waals surface area (Å²) in [7, 11) is 0. The van der Waals surface area contributed by atoms with Gasteiger partial charge in [-0.2, -0.15) is 0 Å². The summed E-state index contributed by atoms with van der Waals surface area (Å²) in [5.41, 5.74) is 0.952. The van der Waals surface area contributed by atoms with Gasteiger partial charge in [-0.3, -0.25) is 0 Å². The first-order valence-corrected chi connectivity index (χ1v) is 6.44. The Kier molecular flexibility index (Phi) is 4.03. The van der Waals surface area contributed by atoms with Gasteiger partial charge in [0.05, 0.1) is 11.3 Å². The summed E-state index contributed by atoms with van der Waals surface area (Å²) in [5, 5.41) is 12.1. The first-order chi connectivity index (χ1) is 8.56. The molecule has 0 aliphatic carbocycles. The molecule has 18 heavy (non-hydrogen) atoms. The number of halogens is 2. The minimum absolute atomic E-state index is 0.100. The molecular weight excluding hydrogens is 367 g/mol. The van der Waals surface area contributed by atoms with E-state index in [0.29, 0.717) is 5.82 Å². The first-order valence-electron chi connectivity index (χ1n) is 4.98. The van der Waals surface area contributed by atoms with Crippen LogP contribution in [0.5, 0.6) is 0 Å². The molecule has 4 nitrogen and oxygen atoms in total. The Morgan fingerprint density at radius 1 is 1.33 bits per heavy atom. The van der Waals surface area contributed by atoms with Crippen LogP contribution < -0.4 is 5.32 Å². The second-order valence-electron chi connectivity index (χ2n) is 3.47. The molecule has 0 saturated heterocycles. The van der Waals surface area contributed by atoms with Crippen molar-refractivity contribution in [3.63, 3.8) is 0 Å². The molecule has 1 heterocycles. The average molecular weight is 375 g/mol. The highest BCUT2D eigenvalue weighted by Crippen LogP contribution is 2.23. The predicted octanol–water partition coefficient (Wildman–Crippen LogP) is 3.78. The van der Waals surface area contributed by atoms with Crippen LogP contribution in [0.2, 0.25) is 5.15 Å². The Morgan fingerprint density at radius 3 is 2.72 bits per heavy atom. The van der Waals surface area contributed by atoms with Crippen molar-refractivity contribution < 1.29 is 9.90 Å². The van der Waals surface area contributed by atoms with E-state index in [1.54, 1.807) is 0 Å². The fourth-order valence-corrected chi connectivity index (χ4v) is 2.12. The zero-order valence-corrected chi connectivity index (χ0v) is 11.9. The van der Waals surface area contributed by atoms with Crippen molar-refractivity contribution in [1.82, 2.24) is 4.98 Å². The van der Waals surface area contributed by atoms with Crippen molar-refractivity contribution in [1.29, 1.82) is 0 Å². The Labute approximate surface area is 122 Å². The van der Waals surface area contributed by atoms with Crippen molar-refractivity contribution in [2.24, 2.45) is 0 Å². The molecule has 0 aliphatic rings. The summed E-state index contributed by atoms with van der Waals surface area (Å²) in [6, 6.07) is 10.4. The number of carboxylic acids is 1. The van der Waals surface area contributed by atoms with E-state index in [1.165, 1.54) is 12.1 Å². The molecule has 2 aromatic rings. The third-order valence-electron chi connectivity index (χ3n) is 2.18. The predicted molar refractivity (Wildman–Crippen MR) is 78.6 cm³/mol. The van der Waals surface area contributed by atoms with Crippen LogP contribution in [0.15, 0.2) is 36.4 Å². The lowest BCUT2D eigenvalue weighted by atomic mass is 10.2. The summed E-state index contributed by atoms with van der Waals surface area (Å²) >= 11 is 7.96. The maximum atomic E-state index is 10.9. The van der Waals surface area contributed by atoms with Gasteiger partial charge < -0.3 is 10.4 Å². The highest BCUT2D eigenvalue weighted by atomic mass is 127. The molecule has 6 heteroatoms. The monoisotopic (exact) mass is 374 g/mol. The number of rotatable bonds is 3. The number of hydrogen-bond acceptors (Lipinski definition) is 3. The minimum atomic E-state index is -1.04. The molecule has 0 amide bonds. The summed E-state index contributed by atoms with van der Waals surface area (Å²) in [6.07, 6.45) is 0. The van der Waals surface area contributed by atoms with Crippen LogP contribution >= 0.6 is 34.2 Å². The highest BCUT2D eigenvalue weighted by Gasteiger charge is 2.08. The van der Waals surface area contributed by atoms with Crippen molar-refractivity contribution in [3.8, 4) is 0 Å². The topological polar surface area (TPSA) is 62.2 Å². The van der Waals surface area contributed by atoms with Crippen LogP contribution in [-0.2, 0) is 0 Å². The van der Waals surface area contributed by atoms with Crippen LogP contribution in [-0.4, -0.2) is 16.1 Å². The van der Waals surface area contributed by atoms with E-state index in [-0.39, 0.29) is 10.7 Å². The number of nitrogens with one attached hydrogen (secondary N) is 1. The molecule has 0 fully saturated rings. The van der Waals surface area contributed by atoms with E-state index >= 15 is 0 Å². The van der Waals surface area contributed by atoms with Gasteiger partial charge in [0.25, 0.3) is 0 Å². The third kappa shape index (κ3) is 3.11. The molecule has 0 radical (unpaired) electrons. The largest absolute Gasteiger partial charge is 0.478 e. The second-order valence-corrected chi connectivity index (χ2v) is 5.02. The molecule has 2 N–H and O–H groups in total. The Hall–Kier alpha value is -1.34. The lowest BCUT2D eigenvalue weighted by Gasteiger charge is -2.08. The van der Waals surface area contributed by atoms with Crippen LogP contribution in [0.25, 0.3) is 0 Å². The molecule has 0 bridgehead atoms. The molecule has 0 aliphatic heterocycles. The van der Waals surface area contributed by atoms with E-state index in [4.69, 9.17) is 16.7 Å². The van der Waals surface area contributed by atoms with Crippen LogP contribution in [0.4, 0.5) is 11.5 Å².